The van der Waals surface area contributed by atoms with Crippen LogP contribution in [0, 0.1) is 10.1 Å². The minimum Gasteiger partial charge on any atom is -0.339 e. The minimum atomic E-state index is -0.829. The van der Waals surface area contributed by atoms with Crippen LogP contribution in [-0.4, -0.2) is 34.7 Å². The van der Waals surface area contributed by atoms with Crippen LogP contribution in [0.3, 0.4) is 0 Å². The van der Waals surface area contributed by atoms with E-state index >= 15 is 0 Å². The fraction of sp³-hybridized carbons (Fsp3) is 0.190. The Morgan fingerprint density at radius 3 is 2.50 bits per heavy atom. The van der Waals surface area contributed by atoms with E-state index in [0.29, 0.717) is 11.5 Å². The van der Waals surface area contributed by atoms with Crippen LogP contribution in [0.2, 0.25) is 0 Å². The van der Waals surface area contributed by atoms with Crippen molar-refractivity contribution in [3.63, 3.8) is 0 Å². The van der Waals surface area contributed by atoms with Gasteiger partial charge in [0.15, 0.2) is 0 Å². The zero-order valence-electron chi connectivity index (χ0n) is 16.4. The van der Waals surface area contributed by atoms with Crippen LogP contribution >= 0.6 is 11.8 Å². The third kappa shape index (κ3) is 7.51. The van der Waals surface area contributed by atoms with Crippen molar-refractivity contribution in [1.29, 1.82) is 0 Å². The highest BCUT2D eigenvalue weighted by molar-refractivity contribution is 7.98. The number of nitrogens with zero attached hydrogens (tertiary/aromatic N) is 2. The Kier molecular flexibility index (Phi) is 9.26. The fourth-order valence-electron chi connectivity index (χ4n) is 2.34. The Balaban J connectivity index is 2.03. The molecule has 8 nitrogen and oxygen atoms in total. The number of carbonyl (C=O) groups is 2. The molecule has 156 valence electrons. The van der Waals surface area contributed by atoms with E-state index < -0.39 is 22.8 Å². The predicted molar refractivity (Wildman–Crippen MR) is 118 cm³/mol. The van der Waals surface area contributed by atoms with Crippen LogP contribution in [-0.2, 0) is 10.5 Å². The number of non-ortho nitro benzene ring substituents is 1. The van der Waals surface area contributed by atoms with Gasteiger partial charge in [-0.3, -0.25) is 19.7 Å². The first-order valence-electron chi connectivity index (χ1n) is 9.12. The standard InChI is InChI=1S/C21H22N4O4S/c1-2-3-13-22-24-21(27)19(15-30-14-16-7-5-4-6-8-16)23-20(26)17-9-11-18(12-10-17)25(28)29/h2-13,19H,14-15H2,1H3,(H,23,26)(H,24,27)/b3-2+,22-13+. The van der Waals surface area contributed by atoms with Gasteiger partial charge >= 0.3 is 0 Å². The quantitative estimate of drug-likeness (QED) is 0.344. The molecule has 0 spiro atoms. The highest BCUT2D eigenvalue weighted by Gasteiger charge is 2.21. The fourth-order valence-corrected chi connectivity index (χ4v) is 3.35. The Bertz CT molecular complexity index is 914. The van der Waals surface area contributed by atoms with E-state index in [4.69, 9.17) is 0 Å². The monoisotopic (exact) mass is 426 g/mol. The average molecular weight is 426 g/mol. The lowest BCUT2D eigenvalue weighted by Gasteiger charge is -2.17. The third-order valence-corrected chi connectivity index (χ3v) is 4.99. The zero-order valence-corrected chi connectivity index (χ0v) is 17.2. The molecular formula is C21H22N4O4S. The van der Waals surface area contributed by atoms with Crippen LogP contribution in [0.25, 0.3) is 0 Å². The molecule has 1 unspecified atom stereocenters. The summed E-state index contributed by atoms with van der Waals surface area (Å²) in [5, 5.41) is 17.3. The molecule has 0 heterocycles. The molecule has 1 atom stereocenters. The van der Waals surface area contributed by atoms with Crippen LogP contribution < -0.4 is 10.7 Å². The van der Waals surface area contributed by atoms with Crippen molar-refractivity contribution in [3.05, 3.63) is 88.0 Å². The first-order valence-corrected chi connectivity index (χ1v) is 10.3. The van der Waals surface area contributed by atoms with Crippen molar-refractivity contribution in [3.8, 4) is 0 Å². The molecule has 2 rings (SSSR count). The summed E-state index contributed by atoms with van der Waals surface area (Å²) >= 11 is 1.50. The summed E-state index contributed by atoms with van der Waals surface area (Å²) in [5.41, 5.74) is 3.63. The Hall–Kier alpha value is -3.46. The van der Waals surface area contributed by atoms with E-state index in [9.17, 15) is 19.7 Å². The smallest absolute Gasteiger partial charge is 0.269 e. The molecule has 0 aliphatic heterocycles. The first-order chi connectivity index (χ1) is 14.5. The van der Waals surface area contributed by atoms with Crippen LogP contribution in [0.1, 0.15) is 22.8 Å². The number of hydrazone groups is 1. The summed E-state index contributed by atoms with van der Waals surface area (Å²) in [7, 11) is 0. The second-order valence-corrected chi connectivity index (χ2v) is 7.14. The predicted octanol–water partition coefficient (Wildman–Crippen LogP) is 3.30. The van der Waals surface area contributed by atoms with Crippen LogP contribution in [0.15, 0.2) is 71.9 Å². The number of nitro groups is 1. The number of thioether (sulfide) groups is 1. The molecule has 0 fully saturated rings. The van der Waals surface area contributed by atoms with Crippen molar-refractivity contribution in [2.45, 2.75) is 18.7 Å². The second kappa shape index (κ2) is 12.2. The molecule has 0 aliphatic carbocycles. The molecule has 30 heavy (non-hydrogen) atoms. The first kappa shape index (κ1) is 22.8. The lowest BCUT2D eigenvalue weighted by atomic mass is 10.2. The maximum Gasteiger partial charge on any atom is 0.269 e. The SMILES string of the molecule is C/C=C/C=N/NC(=O)C(CSCc1ccccc1)NC(=O)c1ccc([N+](=O)[O-])cc1. The van der Waals surface area contributed by atoms with E-state index in [2.05, 4.69) is 15.8 Å². The number of carbonyl (C=O) groups excluding carboxylic acids is 2. The molecule has 0 radical (unpaired) electrons. The van der Waals surface area contributed by atoms with E-state index in [1.54, 1.807) is 12.2 Å². The summed E-state index contributed by atoms with van der Waals surface area (Å²) in [5.74, 6) is 0.0627. The van der Waals surface area contributed by atoms with Crippen LogP contribution in [0.4, 0.5) is 5.69 Å². The lowest BCUT2D eigenvalue weighted by Crippen LogP contribution is -2.47. The van der Waals surface area contributed by atoms with Gasteiger partial charge in [0.25, 0.3) is 17.5 Å². The highest BCUT2D eigenvalue weighted by Crippen LogP contribution is 2.15. The Morgan fingerprint density at radius 1 is 1.17 bits per heavy atom. The summed E-state index contributed by atoms with van der Waals surface area (Å²) in [4.78, 5) is 35.2. The van der Waals surface area contributed by atoms with Gasteiger partial charge < -0.3 is 5.32 Å². The number of hydrogen-bond donors (Lipinski definition) is 2. The zero-order chi connectivity index (χ0) is 21.8. The number of benzene rings is 2. The van der Waals surface area contributed by atoms with Gasteiger partial charge in [0.1, 0.15) is 6.04 Å². The van der Waals surface area contributed by atoms with Crippen LogP contribution in [0.5, 0.6) is 0 Å². The molecule has 2 amide bonds. The van der Waals surface area contributed by atoms with E-state index in [1.807, 2.05) is 37.3 Å². The number of allylic oxidation sites excluding steroid dienone is 2. The van der Waals surface area contributed by atoms with Gasteiger partial charge in [-0.25, -0.2) is 5.43 Å². The maximum atomic E-state index is 12.5. The summed E-state index contributed by atoms with van der Waals surface area (Å²) in [6.45, 7) is 1.82. The normalized spacial score (nSPS) is 12.0. The molecule has 2 aromatic carbocycles. The van der Waals surface area contributed by atoms with E-state index in [0.717, 1.165) is 5.56 Å². The number of hydrogen-bond acceptors (Lipinski definition) is 6. The molecule has 0 saturated heterocycles. The Morgan fingerprint density at radius 2 is 1.87 bits per heavy atom. The summed E-state index contributed by atoms with van der Waals surface area (Å²) in [6, 6.07) is 14.1. The summed E-state index contributed by atoms with van der Waals surface area (Å²) < 4.78 is 0. The maximum absolute atomic E-state index is 12.5. The molecule has 2 aromatic rings. The number of nitro benzene ring substituents is 1. The molecule has 2 N–H and O–H groups in total. The van der Waals surface area contributed by atoms with Crippen molar-refractivity contribution in [1.82, 2.24) is 10.7 Å². The van der Waals surface area contributed by atoms with Gasteiger partial charge in [0.2, 0.25) is 0 Å². The van der Waals surface area contributed by atoms with Crippen molar-refractivity contribution < 1.29 is 14.5 Å². The molecule has 0 aromatic heterocycles. The number of rotatable bonds is 10. The number of amides is 2. The second-order valence-electron chi connectivity index (χ2n) is 6.11. The average Bonchev–Trinajstić information content (AvgIpc) is 2.76. The van der Waals surface area contributed by atoms with Crippen molar-refractivity contribution in [2.24, 2.45) is 5.10 Å². The van der Waals surface area contributed by atoms with Gasteiger partial charge in [-0.1, -0.05) is 36.4 Å². The third-order valence-electron chi connectivity index (χ3n) is 3.89. The minimum absolute atomic E-state index is 0.113. The molecular weight excluding hydrogens is 404 g/mol. The molecule has 0 saturated carbocycles. The molecule has 0 bridgehead atoms. The van der Waals surface area contributed by atoms with Gasteiger partial charge in [-0.2, -0.15) is 16.9 Å². The molecule has 9 heteroatoms. The topological polar surface area (TPSA) is 114 Å². The van der Waals surface area contributed by atoms with Crippen molar-refractivity contribution in [2.75, 3.05) is 5.75 Å². The van der Waals surface area contributed by atoms with E-state index in [1.165, 1.54) is 42.2 Å². The van der Waals surface area contributed by atoms with Gasteiger partial charge in [-0.15, -0.1) is 0 Å². The van der Waals surface area contributed by atoms with Gasteiger partial charge in [0, 0.05) is 35.4 Å². The van der Waals surface area contributed by atoms with Gasteiger partial charge in [-0.05, 0) is 30.7 Å². The Labute approximate surface area is 178 Å². The van der Waals surface area contributed by atoms with Crippen molar-refractivity contribution >= 4 is 35.5 Å². The highest BCUT2D eigenvalue weighted by atomic mass is 32.2. The lowest BCUT2D eigenvalue weighted by molar-refractivity contribution is -0.384. The van der Waals surface area contributed by atoms with E-state index in [-0.39, 0.29) is 11.3 Å². The molecule has 0 aliphatic rings. The largest absolute Gasteiger partial charge is 0.339 e. The van der Waals surface area contributed by atoms with Gasteiger partial charge in [0.05, 0.1) is 4.92 Å². The number of nitrogens with one attached hydrogen (secondary N) is 2. The summed E-state index contributed by atoms with van der Waals surface area (Å²) in [6.07, 6.45) is 4.86.